The van der Waals surface area contributed by atoms with Crippen LogP contribution in [0.5, 0.6) is 5.75 Å². The van der Waals surface area contributed by atoms with Gasteiger partial charge in [0.15, 0.2) is 0 Å². The molecule has 0 heterocycles. The maximum atomic E-state index is 12.7. The fourth-order valence-electron chi connectivity index (χ4n) is 2.30. The van der Waals surface area contributed by atoms with E-state index in [1.807, 2.05) is 18.6 Å². The van der Waals surface area contributed by atoms with Gasteiger partial charge >= 0.3 is 6.18 Å². The van der Waals surface area contributed by atoms with Crippen molar-refractivity contribution in [2.45, 2.75) is 37.6 Å². The summed E-state index contributed by atoms with van der Waals surface area (Å²) < 4.78 is 70.0. The Morgan fingerprint density at radius 3 is 2.34 bits per heavy atom. The van der Waals surface area contributed by atoms with Crippen molar-refractivity contribution in [1.82, 2.24) is 10.0 Å². The van der Waals surface area contributed by atoms with Gasteiger partial charge in [0, 0.05) is 6.54 Å². The Morgan fingerprint density at radius 1 is 1.10 bits per heavy atom. The number of carbonyl (C=O) groups excluding carboxylic acids is 1. The molecule has 0 fully saturated rings. The second-order valence-corrected chi connectivity index (χ2v) is 8.20. The quantitative estimate of drug-likeness (QED) is 0.674. The van der Waals surface area contributed by atoms with Crippen molar-refractivity contribution >= 4 is 15.9 Å². The van der Waals surface area contributed by atoms with E-state index in [1.54, 1.807) is 24.3 Å². The molecular weight excluding hydrogens is 409 g/mol. The summed E-state index contributed by atoms with van der Waals surface area (Å²) in [5, 5.41) is 2.53. The van der Waals surface area contributed by atoms with Gasteiger partial charge in [0.1, 0.15) is 5.75 Å². The van der Waals surface area contributed by atoms with E-state index in [0.717, 1.165) is 23.8 Å². The average Bonchev–Trinajstić information content (AvgIpc) is 2.65. The monoisotopic (exact) mass is 430 g/mol. The van der Waals surface area contributed by atoms with Crippen molar-refractivity contribution in [2.75, 3.05) is 6.54 Å². The zero-order valence-corrected chi connectivity index (χ0v) is 16.6. The van der Waals surface area contributed by atoms with Crippen molar-refractivity contribution in [3.05, 3.63) is 59.7 Å². The molecular formula is C19H21F3N2O4S. The van der Waals surface area contributed by atoms with Gasteiger partial charge in [0.25, 0.3) is 0 Å². The van der Waals surface area contributed by atoms with Crippen molar-refractivity contribution < 1.29 is 31.1 Å². The largest absolute Gasteiger partial charge is 0.491 e. The first-order valence-electron chi connectivity index (χ1n) is 8.66. The van der Waals surface area contributed by atoms with Crippen LogP contribution in [0.2, 0.25) is 0 Å². The Bertz CT molecular complexity index is 943. The van der Waals surface area contributed by atoms with Gasteiger partial charge in [-0.15, -0.1) is 0 Å². The number of nitrogens with one attached hydrogen (secondary N) is 2. The number of rotatable bonds is 8. The molecule has 6 nitrogen and oxygen atoms in total. The molecule has 0 aliphatic carbocycles. The lowest BCUT2D eigenvalue weighted by atomic mass is 10.2. The van der Waals surface area contributed by atoms with E-state index in [9.17, 15) is 26.4 Å². The summed E-state index contributed by atoms with van der Waals surface area (Å²) in [4.78, 5) is 11.3. The highest BCUT2D eigenvalue weighted by Gasteiger charge is 2.31. The molecule has 2 rings (SSSR count). The molecule has 1 amide bonds. The van der Waals surface area contributed by atoms with Crippen molar-refractivity contribution in [3.63, 3.8) is 0 Å². The Labute approximate surface area is 167 Å². The predicted molar refractivity (Wildman–Crippen MR) is 101 cm³/mol. The van der Waals surface area contributed by atoms with Gasteiger partial charge < -0.3 is 10.1 Å². The zero-order valence-electron chi connectivity index (χ0n) is 15.8. The Kier molecular flexibility index (Phi) is 7.26. The molecule has 0 atom stereocenters. The molecule has 0 saturated carbocycles. The van der Waals surface area contributed by atoms with Gasteiger partial charge in [-0.1, -0.05) is 18.2 Å². The number of alkyl halides is 3. The Morgan fingerprint density at radius 2 is 1.76 bits per heavy atom. The smallest absolute Gasteiger partial charge is 0.416 e. The molecule has 0 aromatic heterocycles. The first-order valence-corrected chi connectivity index (χ1v) is 10.1. The van der Waals surface area contributed by atoms with E-state index < -0.39 is 39.1 Å². The lowest BCUT2D eigenvalue weighted by Crippen LogP contribution is -2.36. The second-order valence-electron chi connectivity index (χ2n) is 6.44. The minimum atomic E-state index is -4.67. The van der Waals surface area contributed by atoms with Crippen LogP contribution < -0.4 is 14.8 Å². The number of hydrogen-bond donors (Lipinski definition) is 2. The summed E-state index contributed by atoms with van der Waals surface area (Å²) in [6, 6.07) is 10.3. The third-order valence-corrected chi connectivity index (χ3v) is 5.08. The average molecular weight is 430 g/mol. The number of halogens is 3. The standard InChI is InChI=1S/C19H21F3N2O4S/c1-13(2)28-16-8-6-14(7-9-16)11-23-18(25)12-24-29(26,27)17-5-3-4-15(10-17)19(20,21)22/h3-10,13,24H,11-12H2,1-2H3,(H,23,25). The molecule has 0 saturated heterocycles. The molecule has 10 heteroatoms. The van der Waals surface area contributed by atoms with E-state index >= 15 is 0 Å². The first kappa shape index (κ1) is 22.7. The second kappa shape index (κ2) is 9.27. The van der Waals surface area contributed by atoms with Crippen molar-refractivity contribution in [2.24, 2.45) is 0 Å². The van der Waals surface area contributed by atoms with Crippen LogP contribution in [0.4, 0.5) is 13.2 Å². The molecule has 0 spiro atoms. The van der Waals surface area contributed by atoms with E-state index in [4.69, 9.17) is 4.74 Å². The highest BCUT2D eigenvalue weighted by molar-refractivity contribution is 7.89. The van der Waals surface area contributed by atoms with Crippen LogP contribution in [0.25, 0.3) is 0 Å². The van der Waals surface area contributed by atoms with Crippen LogP contribution in [0.15, 0.2) is 53.4 Å². The highest BCUT2D eigenvalue weighted by Crippen LogP contribution is 2.30. The van der Waals surface area contributed by atoms with Gasteiger partial charge in [-0.2, -0.15) is 13.2 Å². The SMILES string of the molecule is CC(C)Oc1ccc(CNC(=O)CNS(=O)(=O)c2cccc(C(F)(F)F)c2)cc1. The minimum Gasteiger partial charge on any atom is -0.491 e. The normalized spacial score (nSPS) is 12.1. The number of benzene rings is 2. The van der Waals surface area contributed by atoms with E-state index in [1.165, 1.54) is 0 Å². The van der Waals surface area contributed by atoms with Crippen LogP contribution in [0.1, 0.15) is 25.0 Å². The van der Waals surface area contributed by atoms with Gasteiger partial charge in [-0.05, 0) is 49.7 Å². The molecule has 0 aliphatic heterocycles. The van der Waals surface area contributed by atoms with Gasteiger partial charge in [-0.25, -0.2) is 13.1 Å². The third-order valence-electron chi connectivity index (χ3n) is 3.68. The van der Waals surface area contributed by atoms with Gasteiger partial charge in [-0.3, -0.25) is 4.79 Å². The summed E-state index contributed by atoms with van der Waals surface area (Å²) in [6.07, 6.45) is -4.64. The fourth-order valence-corrected chi connectivity index (χ4v) is 3.33. The minimum absolute atomic E-state index is 0.0328. The maximum absolute atomic E-state index is 12.7. The summed E-state index contributed by atoms with van der Waals surface area (Å²) >= 11 is 0. The maximum Gasteiger partial charge on any atom is 0.416 e. The number of ether oxygens (including phenoxy) is 1. The summed E-state index contributed by atoms with van der Waals surface area (Å²) in [5.41, 5.74) is -0.315. The summed E-state index contributed by atoms with van der Waals surface area (Å²) in [6.45, 7) is 3.35. The first-order chi connectivity index (χ1) is 13.5. The summed E-state index contributed by atoms with van der Waals surface area (Å²) in [5.74, 6) is 0.0620. The number of sulfonamides is 1. The molecule has 2 aromatic rings. The van der Waals surface area contributed by atoms with Gasteiger partial charge in [0.05, 0.1) is 23.1 Å². The number of hydrogen-bond acceptors (Lipinski definition) is 4. The highest BCUT2D eigenvalue weighted by atomic mass is 32.2. The van der Waals surface area contributed by atoms with Crippen LogP contribution in [0.3, 0.4) is 0 Å². The molecule has 158 valence electrons. The van der Waals surface area contributed by atoms with Crippen molar-refractivity contribution in [1.29, 1.82) is 0 Å². The molecule has 0 aliphatic rings. The molecule has 0 radical (unpaired) electrons. The van der Waals surface area contributed by atoms with E-state index in [2.05, 4.69) is 5.32 Å². The van der Waals surface area contributed by atoms with Gasteiger partial charge in [0.2, 0.25) is 15.9 Å². The Hall–Kier alpha value is -2.59. The molecule has 29 heavy (non-hydrogen) atoms. The van der Waals surface area contributed by atoms with E-state index in [-0.39, 0.29) is 12.6 Å². The Balaban J connectivity index is 1.90. The lowest BCUT2D eigenvalue weighted by Gasteiger charge is -2.11. The van der Waals surface area contributed by atoms with Crippen molar-refractivity contribution in [3.8, 4) is 5.75 Å². The van der Waals surface area contributed by atoms with Crippen LogP contribution in [-0.2, 0) is 27.5 Å². The predicted octanol–water partition coefficient (Wildman–Crippen LogP) is 3.09. The van der Waals surface area contributed by atoms with E-state index in [0.29, 0.717) is 11.8 Å². The lowest BCUT2D eigenvalue weighted by molar-refractivity contribution is -0.137. The molecule has 0 unspecified atom stereocenters. The molecule has 0 bridgehead atoms. The van der Waals surface area contributed by atoms with Crippen LogP contribution in [-0.4, -0.2) is 27.0 Å². The molecule has 2 aromatic carbocycles. The fraction of sp³-hybridized carbons (Fsp3) is 0.316. The zero-order chi connectivity index (χ0) is 21.7. The number of amides is 1. The summed E-state index contributed by atoms with van der Waals surface area (Å²) in [7, 11) is -4.27. The molecule has 2 N–H and O–H groups in total. The third kappa shape index (κ3) is 7.06. The number of carbonyl (C=O) groups is 1. The van der Waals surface area contributed by atoms with Crippen LogP contribution >= 0.6 is 0 Å². The topological polar surface area (TPSA) is 84.5 Å². The van der Waals surface area contributed by atoms with Crippen LogP contribution in [0, 0.1) is 0 Å².